The Bertz CT molecular complexity index is 731. The average Bonchev–Trinajstić information content (AvgIpc) is 3.06. The first-order valence-electron chi connectivity index (χ1n) is 8.22. The lowest BCUT2D eigenvalue weighted by Gasteiger charge is -2.07. The summed E-state index contributed by atoms with van der Waals surface area (Å²) in [6, 6.07) is 5.78. The summed E-state index contributed by atoms with van der Waals surface area (Å²) in [5.74, 6) is -0.227. The van der Waals surface area contributed by atoms with Crippen molar-refractivity contribution in [3.05, 3.63) is 42.2 Å². The molecule has 140 valence electrons. The molecule has 0 unspecified atom stereocenters. The zero-order valence-electron chi connectivity index (χ0n) is 14.6. The van der Waals surface area contributed by atoms with E-state index in [4.69, 9.17) is 4.74 Å². The van der Waals surface area contributed by atoms with E-state index in [2.05, 4.69) is 21.0 Å². The molecule has 1 heterocycles. The maximum absolute atomic E-state index is 11.9. The first-order valence-corrected chi connectivity index (χ1v) is 8.22. The van der Waals surface area contributed by atoms with Gasteiger partial charge in [-0.05, 0) is 24.6 Å². The summed E-state index contributed by atoms with van der Waals surface area (Å²) < 4.78 is 6.64. The normalized spacial score (nSPS) is 10.3. The number of nitrogens with one attached hydrogen (secondary N) is 3. The summed E-state index contributed by atoms with van der Waals surface area (Å²) in [7, 11) is 1.61. The Morgan fingerprint density at radius 1 is 1.27 bits per heavy atom. The lowest BCUT2D eigenvalue weighted by Crippen LogP contribution is -2.32. The van der Waals surface area contributed by atoms with E-state index in [1.54, 1.807) is 36.3 Å². The van der Waals surface area contributed by atoms with Crippen LogP contribution >= 0.6 is 0 Å². The van der Waals surface area contributed by atoms with Gasteiger partial charge < -0.3 is 25.8 Å². The molecule has 3 amide bonds. The molecule has 0 spiro atoms. The number of nitrogens with zero attached hydrogens (tertiary/aromatic N) is 2. The largest absolute Gasteiger partial charge is 0.508 e. The van der Waals surface area contributed by atoms with Crippen LogP contribution in [0.3, 0.4) is 0 Å². The van der Waals surface area contributed by atoms with Crippen LogP contribution in [0.2, 0.25) is 0 Å². The second-order valence-electron chi connectivity index (χ2n) is 5.53. The Morgan fingerprint density at radius 3 is 2.85 bits per heavy atom. The molecular formula is C17H23N5O4. The number of anilines is 1. The van der Waals surface area contributed by atoms with Crippen molar-refractivity contribution in [2.24, 2.45) is 0 Å². The van der Waals surface area contributed by atoms with E-state index in [9.17, 15) is 14.7 Å². The van der Waals surface area contributed by atoms with Crippen LogP contribution in [0.15, 0.2) is 36.7 Å². The van der Waals surface area contributed by atoms with Crippen molar-refractivity contribution in [1.82, 2.24) is 20.4 Å². The van der Waals surface area contributed by atoms with Gasteiger partial charge in [0.1, 0.15) is 5.75 Å². The van der Waals surface area contributed by atoms with Gasteiger partial charge in [0.2, 0.25) is 0 Å². The van der Waals surface area contributed by atoms with E-state index in [-0.39, 0.29) is 17.7 Å². The van der Waals surface area contributed by atoms with Gasteiger partial charge in [-0.15, -0.1) is 0 Å². The number of rotatable bonds is 9. The molecule has 0 atom stereocenters. The lowest BCUT2D eigenvalue weighted by molar-refractivity contribution is 0.0953. The van der Waals surface area contributed by atoms with Crippen LogP contribution in [0.4, 0.5) is 10.5 Å². The molecule has 0 aliphatic carbocycles. The van der Waals surface area contributed by atoms with Crippen LogP contribution in [0, 0.1) is 0 Å². The predicted molar refractivity (Wildman–Crippen MR) is 96.2 cm³/mol. The van der Waals surface area contributed by atoms with Gasteiger partial charge >= 0.3 is 6.03 Å². The van der Waals surface area contributed by atoms with Crippen LogP contribution in [0.5, 0.6) is 5.75 Å². The molecule has 0 saturated carbocycles. The summed E-state index contributed by atoms with van der Waals surface area (Å²) in [6.07, 6.45) is 3.85. The van der Waals surface area contributed by atoms with Crippen molar-refractivity contribution >= 4 is 17.6 Å². The number of carbonyl (C=O) groups excluding carboxylic acids is 2. The molecule has 2 rings (SSSR count). The SMILES string of the molecule is COCCn1cc(NC(=O)NCCCNC(=O)c2cccc(O)c2)cn1. The fraction of sp³-hybridized carbons (Fsp3) is 0.353. The fourth-order valence-corrected chi connectivity index (χ4v) is 2.15. The molecule has 9 heteroatoms. The fourth-order valence-electron chi connectivity index (χ4n) is 2.15. The summed E-state index contributed by atoms with van der Waals surface area (Å²) in [5.41, 5.74) is 0.983. The topological polar surface area (TPSA) is 118 Å². The number of amides is 3. The van der Waals surface area contributed by atoms with Gasteiger partial charge in [-0.25, -0.2) is 4.79 Å². The maximum Gasteiger partial charge on any atom is 0.319 e. The van der Waals surface area contributed by atoms with Crippen molar-refractivity contribution in [2.45, 2.75) is 13.0 Å². The molecule has 9 nitrogen and oxygen atoms in total. The van der Waals surface area contributed by atoms with Crippen LogP contribution in [0.1, 0.15) is 16.8 Å². The third-order valence-corrected chi connectivity index (χ3v) is 3.45. The van der Waals surface area contributed by atoms with Gasteiger partial charge in [-0.1, -0.05) is 6.07 Å². The number of hydrogen-bond acceptors (Lipinski definition) is 5. The Morgan fingerprint density at radius 2 is 2.08 bits per heavy atom. The number of benzene rings is 1. The summed E-state index contributed by atoms with van der Waals surface area (Å²) >= 11 is 0. The molecule has 0 aliphatic rings. The summed E-state index contributed by atoms with van der Waals surface area (Å²) in [5, 5.41) is 21.6. The van der Waals surface area contributed by atoms with Crippen molar-refractivity contribution in [1.29, 1.82) is 0 Å². The van der Waals surface area contributed by atoms with Crippen molar-refractivity contribution < 1.29 is 19.4 Å². The monoisotopic (exact) mass is 361 g/mol. The first-order chi connectivity index (χ1) is 12.6. The second kappa shape index (κ2) is 10.0. The molecule has 4 N–H and O–H groups in total. The van der Waals surface area contributed by atoms with E-state index >= 15 is 0 Å². The minimum Gasteiger partial charge on any atom is -0.508 e. The third-order valence-electron chi connectivity index (χ3n) is 3.45. The molecule has 2 aromatic rings. The van der Waals surface area contributed by atoms with Crippen LogP contribution in [0.25, 0.3) is 0 Å². The number of phenols is 1. The highest BCUT2D eigenvalue weighted by Gasteiger charge is 2.06. The molecule has 0 aliphatic heterocycles. The molecule has 26 heavy (non-hydrogen) atoms. The highest BCUT2D eigenvalue weighted by Crippen LogP contribution is 2.10. The van der Waals surface area contributed by atoms with Crippen LogP contribution in [-0.2, 0) is 11.3 Å². The first kappa shape index (κ1) is 19.3. The Labute approximate surface area is 151 Å². The number of aromatic hydroxyl groups is 1. The van der Waals surface area contributed by atoms with E-state index in [1.807, 2.05) is 0 Å². The van der Waals surface area contributed by atoms with Crippen LogP contribution in [-0.4, -0.2) is 53.6 Å². The van der Waals surface area contributed by atoms with E-state index in [1.165, 1.54) is 12.1 Å². The number of urea groups is 1. The molecule has 0 saturated heterocycles. The number of carbonyl (C=O) groups is 2. The van der Waals surface area contributed by atoms with Gasteiger partial charge in [-0.3, -0.25) is 9.48 Å². The Kier molecular flexibility index (Phi) is 7.44. The average molecular weight is 361 g/mol. The van der Waals surface area contributed by atoms with Gasteiger partial charge in [0, 0.05) is 32.0 Å². The molecule has 1 aromatic carbocycles. The molecule has 0 radical (unpaired) electrons. The van der Waals surface area contributed by atoms with Gasteiger partial charge in [0.15, 0.2) is 0 Å². The van der Waals surface area contributed by atoms with Crippen molar-refractivity contribution in [3.63, 3.8) is 0 Å². The molecule has 0 fully saturated rings. The number of ether oxygens (including phenoxy) is 1. The third kappa shape index (κ3) is 6.44. The zero-order chi connectivity index (χ0) is 18.8. The van der Waals surface area contributed by atoms with E-state index in [0.717, 1.165) is 0 Å². The maximum atomic E-state index is 11.9. The number of aromatic nitrogens is 2. The van der Waals surface area contributed by atoms with Gasteiger partial charge in [0.25, 0.3) is 5.91 Å². The Balaban J connectivity index is 1.61. The number of phenolic OH excluding ortho intramolecular Hbond substituents is 1. The minimum atomic E-state index is -0.337. The highest BCUT2D eigenvalue weighted by molar-refractivity contribution is 5.94. The zero-order valence-corrected chi connectivity index (χ0v) is 14.6. The lowest BCUT2D eigenvalue weighted by atomic mass is 10.2. The number of hydrogen-bond donors (Lipinski definition) is 4. The summed E-state index contributed by atoms with van der Waals surface area (Å²) in [4.78, 5) is 23.7. The number of methoxy groups -OCH3 is 1. The molecule has 1 aromatic heterocycles. The second-order valence-corrected chi connectivity index (χ2v) is 5.53. The molecular weight excluding hydrogens is 338 g/mol. The molecule has 0 bridgehead atoms. The van der Waals surface area contributed by atoms with Gasteiger partial charge in [0.05, 0.1) is 25.0 Å². The minimum absolute atomic E-state index is 0.0431. The van der Waals surface area contributed by atoms with E-state index < -0.39 is 0 Å². The van der Waals surface area contributed by atoms with Crippen molar-refractivity contribution in [3.8, 4) is 5.75 Å². The Hall–Kier alpha value is -3.07. The smallest absolute Gasteiger partial charge is 0.319 e. The summed E-state index contributed by atoms with van der Waals surface area (Å²) in [6.45, 7) is 1.97. The quantitative estimate of drug-likeness (QED) is 0.500. The predicted octanol–water partition coefficient (Wildman–Crippen LogP) is 1.18. The van der Waals surface area contributed by atoms with Crippen LogP contribution < -0.4 is 16.0 Å². The van der Waals surface area contributed by atoms with Gasteiger partial charge in [-0.2, -0.15) is 5.10 Å². The highest BCUT2D eigenvalue weighted by atomic mass is 16.5. The van der Waals surface area contributed by atoms with Crippen molar-refractivity contribution in [2.75, 3.05) is 32.1 Å². The van der Waals surface area contributed by atoms with E-state index in [0.29, 0.717) is 43.9 Å². The standard InChI is InChI=1S/C17H23N5O4/c1-26-9-8-22-12-14(11-20-22)21-17(25)19-7-3-6-18-16(24)13-4-2-5-15(23)10-13/h2,4-5,10-12,23H,3,6-9H2,1H3,(H,18,24)(H2,19,21,25).